The number of aromatic nitrogens is 2. The highest BCUT2D eigenvalue weighted by Gasteiger charge is 2.15. The molecule has 0 saturated heterocycles. The van der Waals surface area contributed by atoms with Gasteiger partial charge in [0.2, 0.25) is 5.82 Å². The van der Waals surface area contributed by atoms with Crippen molar-refractivity contribution < 1.29 is 19.4 Å². The summed E-state index contributed by atoms with van der Waals surface area (Å²) in [5.74, 6) is -2.19. The fourth-order valence-corrected chi connectivity index (χ4v) is 0.843. The Labute approximate surface area is 85.9 Å². The SMILES string of the molecule is CC(C)OC(=O)c1nccc(C(=O)O)n1. The average Bonchev–Trinajstić information content (AvgIpc) is 2.17. The van der Waals surface area contributed by atoms with E-state index >= 15 is 0 Å². The summed E-state index contributed by atoms with van der Waals surface area (Å²) in [7, 11) is 0. The van der Waals surface area contributed by atoms with Crippen LogP contribution in [0.15, 0.2) is 12.3 Å². The van der Waals surface area contributed by atoms with E-state index in [2.05, 4.69) is 9.97 Å². The first-order chi connectivity index (χ1) is 7.00. The molecule has 0 aliphatic carbocycles. The largest absolute Gasteiger partial charge is 0.477 e. The first-order valence-electron chi connectivity index (χ1n) is 4.28. The van der Waals surface area contributed by atoms with Crippen molar-refractivity contribution in [3.63, 3.8) is 0 Å². The van der Waals surface area contributed by atoms with Crippen LogP contribution in [0.1, 0.15) is 35.0 Å². The zero-order chi connectivity index (χ0) is 11.4. The van der Waals surface area contributed by atoms with Gasteiger partial charge < -0.3 is 9.84 Å². The predicted molar refractivity (Wildman–Crippen MR) is 49.5 cm³/mol. The van der Waals surface area contributed by atoms with Crippen LogP contribution in [0.2, 0.25) is 0 Å². The van der Waals surface area contributed by atoms with Crippen LogP contribution < -0.4 is 0 Å². The molecular formula is C9H10N2O4. The van der Waals surface area contributed by atoms with Gasteiger partial charge in [0, 0.05) is 6.20 Å². The van der Waals surface area contributed by atoms with E-state index in [1.165, 1.54) is 12.3 Å². The Balaban J connectivity index is 2.90. The van der Waals surface area contributed by atoms with Crippen LogP contribution in [-0.4, -0.2) is 33.1 Å². The van der Waals surface area contributed by atoms with E-state index in [-0.39, 0.29) is 17.6 Å². The molecule has 0 amide bonds. The topological polar surface area (TPSA) is 89.4 Å². The van der Waals surface area contributed by atoms with Crippen molar-refractivity contribution in [3.05, 3.63) is 23.8 Å². The van der Waals surface area contributed by atoms with Crippen molar-refractivity contribution in [2.24, 2.45) is 0 Å². The van der Waals surface area contributed by atoms with Crippen molar-refractivity contribution in [3.8, 4) is 0 Å². The molecule has 0 aliphatic heterocycles. The minimum atomic E-state index is -1.21. The lowest BCUT2D eigenvalue weighted by Gasteiger charge is -2.06. The maximum Gasteiger partial charge on any atom is 0.376 e. The van der Waals surface area contributed by atoms with Crippen molar-refractivity contribution in [2.75, 3.05) is 0 Å². The lowest BCUT2D eigenvalue weighted by atomic mass is 10.4. The molecule has 1 aromatic heterocycles. The predicted octanol–water partition coefficient (Wildman–Crippen LogP) is 0.740. The molecule has 6 nitrogen and oxygen atoms in total. The molecule has 0 aliphatic rings. The molecule has 0 spiro atoms. The number of nitrogens with zero attached hydrogens (tertiary/aromatic N) is 2. The van der Waals surface area contributed by atoms with Crippen molar-refractivity contribution in [1.29, 1.82) is 0 Å². The number of esters is 1. The first-order valence-corrected chi connectivity index (χ1v) is 4.28. The van der Waals surface area contributed by atoms with Crippen LogP contribution in [0.3, 0.4) is 0 Å². The highest BCUT2D eigenvalue weighted by atomic mass is 16.5. The van der Waals surface area contributed by atoms with Gasteiger partial charge in [-0.05, 0) is 19.9 Å². The summed E-state index contributed by atoms with van der Waals surface area (Å²) in [6.45, 7) is 3.36. The van der Waals surface area contributed by atoms with Gasteiger partial charge in [0.1, 0.15) is 0 Å². The molecule has 0 unspecified atom stereocenters. The van der Waals surface area contributed by atoms with Gasteiger partial charge in [-0.15, -0.1) is 0 Å². The molecule has 0 aromatic carbocycles. The number of hydrogen-bond donors (Lipinski definition) is 1. The van der Waals surface area contributed by atoms with E-state index in [1.54, 1.807) is 13.8 Å². The Morgan fingerprint density at radius 3 is 2.67 bits per heavy atom. The van der Waals surface area contributed by atoms with Gasteiger partial charge in [-0.1, -0.05) is 0 Å². The normalized spacial score (nSPS) is 10.1. The van der Waals surface area contributed by atoms with Gasteiger partial charge in [0.15, 0.2) is 5.69 Å². The zero-order valence-electron chi connectivity index (χ0n) is 8.30. The molecule has 0 radical (unpaired) electrons. The van der Waals surface area contributed by atoms with Crippen LogP contribution in [-0.2, 0) is 4.74 Å². The van der Waals surface area contributed by atoms with Gasteiger partial charge in [0.25, 0.3) is 0 Å². The fourth-order valence-electron chi connectivity index (χ4n) is 0.843. The van der Waals surface area contributed by atoms with Gasteiger partial charge in [0.05, 0.1) is 6.10 Å². The Bertz CT molecular complexity index is 389. The third kappa shape index (κ3) is 3.01. The summed E-state index contributed by atoms with van der Waals surface area (Å²) in [6, 6.07) is 1.20. The number of rotatable bonds is 3. The minimum Gasteiger partial charge on any atom is -0.477 e. The Morgan fingerprint density at radius 1 is 1.47 bits per heavy atom. The number of carbonyl (C=O) groups is 2. The first kappa shape index (κ1) is 11.1. The Morgan fingerprint density at radius 2 is 2.13 bits per heavy atom. The van der Waals surface area contributed by atoms with Crippen LogP contribution in [0, 0.1) is 0 Å². The summed E-state index contributed by atoms with van der Waals surface area (Å²) in [5, 5.41) is 8.63. The second-order valence-corrected chi connectivity index (χ2v) is 3.02. The quantitative estimate of drug-likeness (QED) is 0.740. The third-order valence-corrected chi connectivity index (χ3v) is 1.40. The molecular weight excluding hydrogens is 200 g/mol. The molecule has 1 aromatic rings. The van der Waals surface area contributed by atoms with Crippen molar-refractivity contribution >= 4 is 11.9 Å². The third-order valence-electron chi connectivity index (χ3n) is 1.40. The van der Waals surface area contributed by atoms with Gasteiger partial charge in [-0.25, -0.2) is 19.6 Å². The fraction of sp³-hybridized carbons (Fsp3) is 0.333. The van der Waals surface area contributed by atoms with Crippen LogP contribution >= 0.6 is 0 Å². The summed E-state index contributed by atoms with van der Waals surface area (Å²) in [4.78, 5) is 29.0. The summed E-state index contributed by atoms with van der Waals surface area (Å²) in [5.41, 5.74) is -0.235. The van der Waals surface area contributed by atoms with Gasteiger partial charge >= 0.3 is 11.9 Å². The van der Waals surface area contributed by atoms with Gasteiger partial charge in [-0.3, -0.25) is 0 Å². The number of carboxylic acids is 1. The van der Waals surface area contributed by atoms with Gasteiger partial charge in [-0.2, -0.15) is 0 Å². The maximum absolute atomic E-state index is 11.3. The molecule has 0 fully saturated rings. The molecule has 15 heavy (non-hydrogen) atoms. The summed E-state index contributed by atoms with van der Waals surface area (Å²) in [6.07, 6.45) is 0.905. The molecule has 0 saturated carbocycles. The molecule has 1 N–H and O–H groups in total. The smallest absolute Gasteiger partial charge is 0.376 e. The van der Waals surface area contributed by atoms with E-state index in [4.69, 9.17) is 9.84 Å². The Kier molecular flexibility index (Phi) is 3.33. The lowest BCUT2D eigenvalue weighted by Crippen LogP contribution is -2.16. The van der Waals surface area contributed by atoms with E-state index in [9.17, 15) is 9.59 Å². The van der Waals surface area contributed by atoms with Crippen LogP contribution in [0.5, 0.6) is 0 Å². The molecule has 6 heteroatoms. The average molecular weight is 210 g/mol. The maximum atomic E-state index is 11.3. The Hall–Kier alpha value is -1.98. The highest BCUT2D eigenvalue weighted by Crippen LogP contribution is 2.00. The van der Waals surface area contributed by atoms with Crippen molar-refractivity contribution in [2.45, 2.75) is 20.0 Å². The highest BCUT2D eigenvalue weighted by molar-refractivity contribution is 5.89. The minimum absolute atomic E-state index is 0.235. The second-order valence-electron chi connectivity index (χ2n) is 3.02. The molecule has 80 valence electrons. The molecule has 0 bridgehead atoms. The second kappa shape index (κ2) is 4.50. The number of ether oxygens (including phenoxy) is 1. The number of hydrogen-bond acceptors (Lipinski definition) is 5. The molecule has 1 heterocycles. The molecule has 0 atom stereocenters. The zero-order valence-corrected chi connectivity index (χ0v) is 8.30. The summed E-state index contributed by atoms with van der Waals surface area (Å²) < 4.78 is 4.81. The lowest BCUT2D eigenvalue weighted by molar-refractivity contribution is 0.0363. The standard InChI is InChI=1S/C9H10N2O4/c1-5(2)15-9(14)7-10-4-3-6(11-7)8(12)13/h3-5H,1-2H3,(H,12,13). The number of carbonyl (C=O) groups excluding carboxylic acids is 1. The summed E-state index contributed by atoms with van der Waals surface area (Å²) >= 11 is 0. The van der Waals surface area contributed by atoms with E-state index in [1.807, 2.05) is 0 Å². The number of aromatic carboxylic acids is 1. The number of carboxylic acid groups (broad SMARTS) is 1. The van der Waals surface area contributed by atoms with Crippen LogP contribution in [0.25, 0.3) is 0 Å². The van der Waals surface area contributed by atoms with Crippen LogP contribution in [0.4, 0.5) is 0 Å². The monoisotopic (exact) mass is 210 g/mol. The van der Waals surface area contributed by atoms with E-state index in [0.717, 1.165) is 0 Å². The molecule has 1 rings (SSSR count). The van der Waals surface area contributed by atoms with E-state index < -0.39 is 11.9 Å². The van der Waals surface area contributed by atoms with E-state index in [0.29, 0.717) is 0 Å². The van der Waals surface area contributed by atoms with Crippen molar-refractivity contribution in [1.82, 2.24) is 9.97 Å².